The van der Waals surface area contributed by atoms with E-state index in [9.17, 15) is 0 Å². The fourth-order valence-electron chi connectivity index (χ4n) is 1.63. The Morgan fingerprint density at radius 2 is 2.40 bits per heavy atom. The molecule has 2 nitrogen and oxygen atoms in total. The third-order valence-electron chi connectivity index (χ3n) is 2.53. The maximum atomic E-state index is 5.93. The van der Waals surface area contributed by atoms with Crippen molar-refractivity contribution in [2.75, 3.05) is 25.1 Å². The van der Waals surface area contributed by atoms with Crippen molar-refractivity contribution < 1.29 is 4.74 Å². The average molecular weight is 291 g/mol. The Hall–Kier alpha value is -0.250. The number of ether oxygens (including phenoxy) is 1. The van der Waals surface area contributed by atoms with E-state index in [2.05, 4.69) is 21.2 Å². The van der Waals surface area contributed by atoms with Gasteiger partial charge in [-0.1, -0.05) is 11.6 Å². The molecule has 0 amide bonds. The minimum atomic E-state index is 0.621. The summed E-state index contributed by atoms with van der Waals surface area (Å²) < 4.78 is 6.37. The van der Waals surface area contributed by atoms with Crippen LogP contribution in [0.5, 0.6) is 0 Å². The van der Waals surface area contributed by atoms with Gasteiger partial charge in [-0.15, -0.1) is 0 Å². The van der Waals surface area contributed by atoms with E-state index in [1.54, 1.807) is 0 Å². The van der Waals surface area contributed by atoms with Crippen LogP contribution < -0.4 is 5.32 Å². The van der Waals surface area contributed by atoms with E-state index in [0.717, 1.165) is 41.4 Å². The molecule has 1 atom stereocenters. The molecule has 1 aliphatic rings. The van der Waals surface area contributed by atoms with Crippen LogP contribution in [0.2, 0.25) is 5.02 Å². The topological polar surface area (TPSA) is 21.3 Å². The highest BCUT2D eigenvalue weighted by Gasteiger charge is 2.15. The molecule has 1 aliphatic heterocycles. The largest absolute Gasteiger partial charge is 0.384 e. The molecule has 2 rings (SSSR count). The summed E-state index contributed by atoms with van der Waals surface area (Å²) >= 11 is 9.41. The van der Waals surface area contributed by atoms with Crippen molar-refractivity contribution in [1.82, 2.24) is 0 Å². The maximum Gasteiger partial charge on any atom is 0.0511 e. The summed E-state index contributed by atoms with van der Waals surface area (Å²) in [5, 5.41) is 4.14. The van der Waals surface area contributed by atoms with Gasteiger partial charge in [0.25, 0.3) is 0 Å². The molecule has 1 aromatic carbocycles. The molecule has 1 aromatic rings. The average Bonchev–Trinajstić information content (AvgIpc) is 2.72. The van der Waals surface area contributed by atoms with Gasteiger partial charge >= 0.3 is 0 Å². The minimum absolute atomic E-state index is 0.621. The van der Waals surface area contributed by atoms with E-state index in [1.807, 2.05) is 18.2 Å². The monoisotopic (exact) mass is 289 g/mol. The third kappa shape index (κ3) is 3.10. The first kappa shape index (κ1) is 11.2. The quantitative estimate of drug-likeness (QED) is 0.919. The predicted octanol–water partition coefficient (Wildman–Crippen LogP) is 3.55. The third-order valence-corrected chi connectivity index (χ3v) is 3.46. The van der Waals surface area contributed by atoms with Gasteiger partial charge in [-0.2, -0.15) is 0 Å². The Morgan fingerprint density at radius 3 is 3.13 bits per heavy atom. The zero-order valence-electron chi connectivity index (χ0n) is 8.30. The van der Waals surface area contributed by atoms with Crippen LogP contribution >= 0.6 is 27.5 Å². The second kappa shape index (κ2) is 5.19. The van der Waals surface area contributed by atoms with E-state index < -0.39 is 0 Å². The molecule has 0 aliphatic carbocycles. The number of hydrogen-bond acceptors (Lipinski definition) is 2. The Labute approximate surface area is 103 Å². The molecule has 1 fully saturated rings. The number of anilines is 1. The van der Waals surface area contributed by atoms with Crippen molar-refractivity contribution >= 4 is 33.2 Å². The lowest BCUT2D eigenvalue weighted by molar-refractivity contribution is 0.187. The fraction of sp³-hybridized carbons (Fsp3) is 0.455. The lowest BCUT2D eigenvalue weighted by Crippen LogP contribution is -2.14. The summed E-state index contributed by atoms with van der Waals surface area (Å²) in [5.41, 5.74) is 1.05. The van der Waals surface area contributed by atoms with E-state index >= 15 is 0 Å². The van der Waals surface area contributed by atoms with Crippen LogP contribution in [-0.2, 0) is 4.74 Å². The number of nitrogens with one attached hydrogen (secondary N) is 1. The molecule has 4 heteroatoms. The van der Waals surface area contributed by atoms with Gasteiger partial charge in [-0.25, -0.2) is 0 Å². The molecule has 0 spiro atoms. The lowest BCUT2D eigenvalue weighted by Gasteiger charge is -2.12. The molecule has 15 heavy (non-hydrogen) atoms. The molecule has 0 bridgehead atoms. The summed E-state index contributed by atoms with van der Waals surface area (Å²) in [6, 6.07) is 5.76. The van der Waals surface area contributed by atoms with Gasteiger partial charge in [-0.3, -0.25) is 0 Å². The van der Waals surface area contributed by atoms with Gasteiger partial charge in [0.15, 0.2) is 0 Å². The molecule has 0 saturated carbocycles. The zero-order valence-corrected chi connectivity index (χ0v) is 10.6. The van der Waals surface area contributed by atoms with Crippen LogP contribution in [-0.4, -0.2) is 19.8 Å². The first-order valence-electron chi connectivity index (χ1n) is 5.02. The summed E-state index contributed by atoms with van der Waals surface area (Å²) in [7, 11) is 0. The highest BCUT2D eigenvalue weighted by molar-refractivity contribution is 9.10. The second-order valence-corrected chi connectivity index (χ2v) is 5.03. The van der Waals surface area contributed by atoms with Crippen LogP contribution in [0.15, 0.2) is 22.7 Å². The summed E-state index contributed by atoms with van der Waals surface area (Å²) in [5.74, 6) is 0.621. The van der Waals surface area contributed by atoms with E-state index in [1.165, 1.54) is 0 Å². The number of benzene rings is 1. The number of halogens is 2. The van der Waals surface area contributed by atoms with Gasteiger partial charge in [0.1, 0.15) is 0 Å². The molecule has 0 radical (unpaired) electrons. The Morgan fingerprint density at radius 1 is 1.53 bits per heavy atom. The number of rotatable bonds is 3. The Kier molecular flexibility index (Phi) is 3.89. The highest BCUT2D eigenvalue weighted by atomic mass is 79.9. The molecule has 1 N–H and O–H groups in total. The summed E-state index contributed by atoms with van der Waals surface area (Å²) in [4.78, 5) is 0. The molecule has 82 valence electrons. The van der Waals surface area contributed by atoms with Crippen molar-refractivity contribution in [3.63, 3.8) is 0 Å². The lowest BCUT2D eigenvalue weighted by atomic mass is 10.1. The highest BCUT2D eigenvalue weighted by Crippen LogP contribution is 2.26. The van der Waals surface area contributed by atoms with Crippen molar-refractivity contribution in [3.05, 3.63) is 27.7 Å². The van der Waals surface area contributed by atoms with E-state index in [4.69, 9.17) is 16.3 Å². The van der Waals surface area contributed by atoms with Gasteiger partial charge in [0.2, 0.25) is 0 Å². The fourth-order valence-corrected chi connectivity index (χ4v) is 2.19. The first-order valence-corrected chi connectivity index (χ1v) is 6.19. The van der Waals surface area contributed by atoms with Gasteiger partial charge in [-0.05, 0) is 40.5 Å². The standard InChI is InChI=1S/C11H13BrClNO/c12-10-2-1-9(13)5-11(10)14-6-8-3-4-15-7-8/h1-2,5,8,14H,3-4,6-7H2. The van der Waals surface area contributed by atoms with Crippen LogP contribution in [0.1, 0.15) is 6.42 Å². The Bertz CT molecular complexity index is 339. The van der Waals surface area contributed by atoms with Crippen LogP contribution in [0.25, 0.3) is 0 Å². The molecule has 1 heterocycles. The van der Waals surface area contributed by atoms with Crippen molar-refractivity contribution in [2.45, 2.75) is 6.42 Å². The Balaban J connectivity index is 1.94. The van der Waals surface area contributed by atoms with Gasteiger partial charge < -0.3 is 10.1 Å². The van der Waals surface area contributed by atoms with Crippen molar-refractivity contribution in [2.24, 2.45) is 5.92 Å². The smallest absolute Gasteiger partial charge is 0.0511 e. The minimum Gasteiger partial charge on any atom is -0.384 e. The van der Waals surface area contributed by atoms with Crippen LogP contribution in [0.3, 0.4) is 0 Å². The molecular formula is C11H13BrClNO. The first-order chi connectivity index (χ1) is 7.25. The summed E-state index contributed by atoms with van der Waals surface area (Å²) in [6.45, 7) is 2.70. The maximum absolute atomic E-state index is 5.93. The zero-order chi connectivity index (χ0) is 10.7. The van der Waals surface area contributed by atoms with Gasteiger partial charge in [0, 0.05) is 34.3 Å². The second-order valence-electron chi connectivity index (χ2n) is 3.73. The normalized spacial score (nSPS) is 20.5. The van der Waals surface area contributed by atoms with Crippen LogP contribution in [0.4, 0.5) is 5.69 Å². The number of hydrogen-bond donors (Lipinski definition) is 1. The molecule has 0 aromatic heterocycles. The van der Waals surface area contributed by atoms with Crippen LogP contribution in [0, 0.1) is 5.92 Å². The SMILES string of the molecule is Clc1ccc(Br)c(NCC2CCOC2)c1. The molecule has 1 unspecified atom stereocenters. The van der Waals surface area contributed by atoms with E-state index in [-0.39, 0.29) is 0 Å². The van der Waals surface area contributed by atoms with E-state index in [0.29, 0.717) is 5.92 Å². The predicted molar refractivity (Wildman–Crippen MR) is 66.6 cm³/mol. The molecule has 1 saturated heterocycles. The van der Waals surface area contributed by atoms with Crippen molar-refractivity contribution in [1.29, 1.82) is 0 Å². The van der Waals surface area contributed by atoms with Crippen molar-refractivity contribution in [3.8, 4) is 0 Å². The summed E-state index contributed by atoms with van der Waals surface area (Å²) in [6.07, 6.45) is 1.14. The molecular weight excluding hydrogens is 277 g/mol. The van der Waals surface area contributed by atoms with Gasteiger partial charge in [0.05, 0.1) is 6.61 Å².